The SMILES string of the molecule is CCc1cccc(NC(=O)c2ccc(C)cc2C)c1. The third-order valence-electron chi connectivity index (χ3n) is 3.22. The van der Waals surface area contributed by atoms with Crippen LogP contribution in [0.1, 0.15) is 34.0 Å². The first-order chi connectivity index (χ1) is 9.10. The van der Waals surface area contributed by atoms with E-state index in [0.29, 0.717) is 0 Å². The molecule has 0 bridgehead atoms. The van der Waals surface area contributed by atoms with E-state index in [0.717, 1.165) is 23.2 Å². The number of hydrogen-bond donors (Lipinski definition) is 1. The van der Waals surface area contributed by atoms with E-state index in [2.05, 4.69) is 18.3 Å². The Labute approximate surface area is 114 Å². The molecule has 0 aromatic heterocycles. The summed E-state index contributed by atoms with van der Waals surface area (Å²) in [6, 6.07) is 13.8. The Morgan fingerprint density at radius 1 is 1.11 bits per heavy atom. The molecule has 2 aromatic carbocycles. The number of amides is 1. The first-order valence-electron chi connectivity index (χ1n) is 6.57. The van der Waals surface area contributed by atoms with Crippen LogP contribution in [-0.4, -0.2) is 5.91 Å². The molecule has 0 heterocycles. The van der Waals surface area contributed by atoms with Crippen molar-refractivity contribution in [3.8, 4) is 0 Å². The second-order valence-corrected chi connectivity index (χ2v) is 4.83. The Kier molecular flexibility index (Phi) is 4.00. The number of nitrogens with one attached hydrogen (secondary N) is 1. The van der Waals surface area contributed by atoms with Gasteiger partial charge in [0.1, 0.15) is 0 Å². The van der Waals surface area contributed by atoms with Crippen LogP contribution in [-0.2, 0) is 6.42 Å². The first kappa shape index (κ1) is 13.3. The van der Waals surface area contributed by atoms with Gasteiger partial charge in [0.25, 0.3) is 5.91 Å². The highest BCUT2D eigenvalue weighted by Gasteiger charge is 2.09. The zero-order chi connectivity index (χ0) is 13.8. The van der Waals surface area contributed by atoms with Crippen LogP contribution in [0.2, 0.25) is 0 Å². The Morgan fingerprint density at radius 2 is 1.89 bits per heavy atom. The van der Waals surface area contributed by atoms with Crippen molar-refractivity contribution >= 4 is 11.6 Å². The number of carbonyl (C=O) groups excluding carboxylic acids is 1. The molecule has 0 atom stereocenters. The van der Waals surface area contributed by atoms with Gasteiger partial charge in [0, 0.05) is 11.3 Å². The van der Waals surface area contributed by atoms with Crippen LogP contribution in [0.4, 0.5) is 5.69 Å². The van der Waals surface area contributed by atoms with E-state index in [9.17, 15) is 4.79 Å². The van der Waals surface area contributed by atoms with Crippen molar-refractivity contribution in [2.24, 2.45) is 0 Å². The van der Waals surface area contributed by atoms with Crippen molar-refractivity contribution in [2.45, 2.75) is 27.2 Å². The maximum absolute atomic E-state index is 12.2. The van der Waals surface area contributed by atoms with Gasteiger partial charge in [-0.05, 0) is 49.6 Å². The minimum atomic E-state index is -0.0502. The fraction of sp³-hybridized carbons (Fsp3) is 0.235. The van der Waals surface area contributed by atoms with Crippen LogP contribution in [0.15, 0.2) is 42.5 Å². The number of rotatable bonds is 3. The molecule has 0 aliphatic heterocycles. The van der Waals surface area contributed by atoms with E-state index in [1.807, 2.05) is 50.2 Å². The van der Waals surface area contributed by atoms with Gasteiger partial charge in [0.2, 0.25) is 0 Å². The van der Waals surface area contributed by atoms with Gasteiger partial charge in [-0.1, -0.05) is 36.8 Å². The maximum Gasteiger partial charge on any atom is 0.255 e. The Bertz CT molecular complexity index is 602. The molecule has 0 spiro atoms. The van der Waals surface area contributed by atoms with Gasteiger partial charge >= 0.3 is 0 Å². The Hall–Kier alpha value is -2.09. The number of carbonyl (C=O) groups is 1. The molecule has 0 aliphatic rings. The van der Waals surface area contributed by atoms with E-state index in [-0.39, 0.29) is 5.91 Å². The molecule has 2 aromatic rings. The van der Waals surface area contributed by atoms with Crippen molar-refractivity contribution in [3.05, 3.63) is 64.7 Å². The van der Waals surface area contributed by atoms with Gasteiger partial charge in [-0.15, -0.1) is 0 Å². The number of anilines is 1. The molecule has 2 heteroatoms. The average molecular weight is 253 g/mol. The Morgan fingerprint density at radius 3 is 2.58 bits per heavy atom. The van der Waals surface area contributed by atoms with Crippen molar-refractivity contribution < 1.29 is 4.79 Å². The van der Waals surface area contributed by atoms with Gasteiger partial charge in [-0.2, -0.15) is 0 Å². The summed E-state index contributed by atoms with van der Waals surface area (Å²) < 4.78 is 0. The summed E-state index contributed by atoms with van der Waals surface area (Å²) in [4.78, 5) is 12.2. The Balaban J connectivity index is 2.20. The summed E-state index contributed by atoms with van der Waals surface area (Å²) in [6.07, 6.45) is 0.966. The van der Waals surface area contributed by atoms with Crippen LogP contribution in [0.25, 0.3) is 0 Å². The molecule has 98 valence electrons. The van der Waals surface area contributed by atoms with Crippen molar-refractivity contribution in [1.82, 2.24) is 0 Å². The summed E-state index contributed by atoms with van der Waals surface area (Å²) in [5.74, 6) is -0.0502. The minimum absolute atomic E-state index is 0.0502. The fourth-order valence-corrected chi connectivity index (χ4v) is 2.14. The third kappa shape index (κ3) is 3.22. The maximum atomic E-state index is 12.2. The molecule has 0 saturated heterocycles. The summed E-state index contributed by atoms with van der Waals surface area (Å²) in [7, 11) is 0. The largest absolute Gasteiger partial charge is 0.322 e. The molecule has 2 nitrogen and oxygen atoms in total. The second kappa shape index (κ2) is 5.70. The quantitative estimate of drug-likeness (QED) is 0.876. The molecule has 1 amide bonds. The highest BCUT2D eigenvalue weighted by molar-refractivity contribution is 6.05. The zero-order valence-corrected chi connectivity index (χ0v) is 11.7. The highest BCUT2D eigenvalue weighted by atomic mass is 16.1. The lowest BCUT2D eigenvalue weighted by atomic mass is 10.0. The van der Waals surface area contributed by atoms with Crippen LogP contribution in [0, 0.1) is 13.8 Å². The molecule has 19 heavy (non-hydrogen) atoms. The third-order valence-corrected chi connectivity index (χ3v) is 3.22. The fourth-order valence-electron chi connectivity index (χ4n) is 2.14. The molecule has 0 aliphatic carbocycles. The van der Waals surface area contributed by atoms with Crippen molar-refractivity contribution in [3.63, 3.8) is 0 Å². The van der Waals surface area contributed by atoms with Gasteiger partial charge in [0.05, 0.1) is 0 Å². The highest BCUT2D eigenvalue weighted by Crippen LogP contribution is 2.15. The lowest BCUT2D eigenvalue weighted by Crippen LogP contribution is -2.13. The van der Waals surface area contributed by atoms with Crippen LogP contribution in [0.5, 0.6) is 0 Å². The molecular weight excluding hydrogens is 234 g/mol. The van der Waals surface area contributed by atoms with Crippen LogP contribution in [0.3, 0.4) is 0 Å². The number of hydrogen-bond acceptors (Lipinski definition) is 1. The molecule has 0 unspecified atom stereocenters. The van der Waals surface area contributed by atoms with Crippen molar-refractivity contribution in [2.75, 3.05) is 5.32 Å². The van der Waals surface area contributed by atoms with E-state index >= 15 is 0 Å². The molecule has 0 radical (unpaired) electrons. The van der Waals surface area contributed by atoms with E-state index in [4.69, 9.17) is 0 Å². The smallest absolute Gasteiger partial charge is 0.255 e. The lowest BCUT2D eigenvalue weighted by molar-refractivity contribution is 0.102. The van der Waals surface area contributed by atoms with Crippen LogP contribution >= 0.6 is 0 Å². The number of aryl methyl sites for hydroxylation is 3. The zero-order valence-electron chi connectivity index (χ0n) is 11.7. The molecule has 0 fully saturated rings. The first-order valence-corrected chi connectivity index (χ1v) is 6.57. The lowest BCUT2D eigenvalue weighted by Gasteiger charge is -2.09. The summed E-state index contributed by atoms with van der Waals surface area (Å²) in [6.45, 7) is 6.09. The van der Waals surface area contributed by atoms with Gasteiger partial charge in [0.15, 0.2) is 0 Å². The second-order valence-electron chi connectivity index (χ2n) is 4.83. The standard InChI is InChI=1S/C17H19NO/c1-4-14-6-5-7-15(11-14)18-17(19)16-9-8-12(2)10-13(16)3/h5-11H,4H2,1-3H3,(H,18,19). The van der Waals surface area contributed by atoms with Gasteiger partial charge < -0.3 is 5.32 Å². The predicted molar refractivity (Wildman–Crippen MR) is 79.7 cm³/mol. The summed E-state index contributed by atoms with van der Waals surface area (Å²) >= 11 is 0. The van der Waals surface area contributed by atoms with E-state index in [1.165, 1.54) is 11.1 Å². The predicted octanol–water partition coefficient (Wildman–Crippen LogP) is 4.12. The molecule has 2 rings (SSSR count). The monoisotopic (exact) mass is 253 g/mol. The van der Waals surface area contributed by atoms with Gasteiger partial charge in [-0.3, -0.25) is 4.79 Å². The summed E-state index contributed by atoms with van der Waals surface area (Å²) in [5, 5.41) is 2.95. The molecule has 0 saturated carbocycles. The minimum Gasteiger partial charge on any atom is -0.322 e. The van der Waals surface area contributed by atoms with Gasteiger partial charge in [-0.25, -0.2) is 0 Å². The normalized spacial score (nSPS) is 10.3. The van der Waals surface area contributed by atoms with E-state index in [1.54, 1.807) is 0 Å². The van der Waals surface area contributed by atoms with E-state index < -0.39 is 0 Å². The molecular formula is C17H19NO. The topological polar surface area (TPSA) is 29.1 Å². The van der Waals surface area contributed by atoms with Crippen LogP contribution < -0.4 is 5.32 Å². The average Bonchev–Trinajstić information content (AvgIpc) is 2.38. The van der Waals surface area contributed by atoms with Crippen molar-refractivity contribution in [1.29, 1.82) is 0 Å². The number of benzene rings is 2. The molecule has 1 N–H and O–H groups in total. The summed E-state index contributed by atoms with van der Waals surface area (Å²) in [5.41, 5.74) is 4.97.